The number of allylic oxidation sites excluding steroid dienone is 3. The van der Waals surface area contributed by atoms with Gasteiger partial charge < -0.3 is 14.0 Å². The first-order valence-corrected chi connectivity index (χ1v) is 23.7. The zero-order chi connectivity index (χ0) is 38.4. The highest BCUT2D eigenvalue weighted by Gasteiger charge is 2.69. The van der Waals surface area contributed by atoms with E-state index in [1.807, 2.05) is 6.92 Å². The fourth-order valence-electron chi connectivity index (χ4n) is 7.07. The van der Waals surface area contributed by atoms with Crippen LogP contribution >= 0.6 is 0 Å². The number of aliphatic hydroxyl groups is 1. The fourth-order valence-corrected chi connectivity index (χ4v) is 9.74. The summed E-state index contributed by atoms with van der Waals surface area (Å²) in [5, 5.41) is 9.73. The second-order valence-electron chi connectivity index (χ2n) is 18.8. The van der Waals surface area contributed by atoms with Crippen LogP contribution in [0.4, 0.5) is 26.3 Å². The Morgan fingerprint density at radius 1 is 0.898 bits per heavy atom. The molecule has 0 aromatic carbocycles. The number of alkyl halides is 6. The molecular formula is C38H66F6O3Si2. The molecule has 2 aliphatic rings. The van der Waals surface area contributed by atoms with Crippen LogP contribution in [0.15, 0.2) is 36.0 Å². The van der Waals surface area contributed by atoms with Crippen LogP contribution in [0.1, 0.15) is 114 Å². The maximum Gasteiger partial charge on any atom is 0.426 e. The van der Waals surface area contributed by atoms with E-state index in [4.69, 9.17) is 8.85 Å². The molecule has 0 unspecified atom stereocenters. The Labute approximate surface area is 295 Å². The Morgan fingerprint density at radius 2 is 1.39 bits per heavy atom. The van der Waals surface area contributed by atoms with Crippen LogP contribution in [0.2, 0.25) is 36.3 Å². The first-order chi connectivity index (χ1) is 21.6. The van der Waals surface area contributed by atoms with E-state index in [2.05, 4.69) is 113 Å². The van der Waals surface area contributed by atoms with E-state index in [9.17, 15) is 31.4 Å². The van der Waals surface area contributed by atoms with Gasteiger partial charge in [-0.05, 0) is 102 Å². The predicted octanol–water partition coefficient (Wildman–Crippen LogP) is 12.7. The second-order valence-corrected chi connectivity index (χ2v) is 28.4. The Bertz CT molecular complexity index is 1210. The van der Waals surface area contributed by atoms with Crippen LogP contribution in [0, 0.1) is 22.7 Å². The van der Waals surface area contributed by atoms with Gasteiger partial charge in [0.25, 0.3) is 5.60 Å². The van der Waals surface area contributed by atoms with E-state index in [0.29, 0.717) is 0 Å². The zero-order valence-electron chi connectivity index (χ0n) is 32.7. The maximum absolute atomic E-state index is 13.2. The number of hydrogen-bond acceptors (Lipinski definition) is 3. The molecule has 1 N–H and O–H groups in total. The smallest absolute Gasteiger partial charge is 0.413 e. The molecule has 2 aliphatic carbocycles. The highest BCUT2D eigenvalue weighted by Crippen LogP contribution is 2.61. The Kier molecular flexibility index (Phi) is 13.1. The third kappa shape index (κ3) is 9.38. The highest BCUT2D eigenvalue weighted by molar-refractivity contribution is 6.74. The maximum atomic E-state index is 13.2. The molecule has 2 saturated carbocycles. The molecule has 5 atom stereocenters. The van der Waals surface area contributed by atoms with Crippen molar-refractivity contribution >= 4 is 16.6 Å². The monoisotopic (exact) mass is 740 g/mol. The first-order valence-electron chi connectivity index (χ1n) is 17.9. The Balaban J connectivity index is 2.29. The Hall–Kier alpha value is -0.886. The fraction of sp³-hybridized carbons (Fsp3) is 0.842. The van der Waals surface area contributed by atoms with E-state index >= 15 is 0 Å². The van der Waals surface area contributed by atoms with Crippen LogP contribution in [0.5, 0.6) is 0 Å². The molecule has 0 radical (unpaired) electrons. The molecule has 0 heterocycles. The van der Waals surface area contributed by atoms with Crippen molar-refractivity contribution in [3.8, 4) is 0 Å². The van der Waals surface area contributed by atoms with Crippen molar-refractivity contribution in [2.75, 3.05) is 0 Å². The average molecular weight is 741 g/mol. The van der Waals surface area contributed by atoms with Gasteiger partial charge in [0.1, 0.15) is 0 Å². The van der Waals surface area contributed by atoms with Gasteiger partial charge >= 0.3 is 12.4 Å². The van der Waals surface area contributed by atoms with E-state index < -0.39 is 41.0 Å². The Morgan fingerprint density at radius 3 is 1.86 bits per heavy atom. The lowest BCUT2D eigenvalue weighted by atomic mass is 9.59. The summed E-state index contributed by atoms with van der Waals surface area (Å²) in [7, 11) is -4.15. The van der Waals surface area contributed by atoms with Gasteiger partial charge in [-0.2, -0.15) is 26.3 Å². The van der Waals surface area contributed by atoms with Crippen molar-refractivity contribution in [1.29, 1.82) is 0 Å². The molecule has 0 amide bonds. The lowest BCUT2D eigenvalue weighted by Gasteiger charge is -2.46. The average Bonchev–Trinajstić information content (AvgIpc) is 3.12. The number of hydrogen-bond donors (Lipinski definition) is 1. The van der Waals surface area contributed by atoms with Gasteiger partial charge in [-0.3, -0.25) is 0 Å². The molecule has 11 heteroatoms. The van der Waals surface area contributed by atoms with Gasteiger partial charge in [0, 0.05) is 6.42 Å². The van der Waals surface area contributed by atoms with Crippen molar-refractivity contribution in [2.45, 2.75) is 181 Å². The van der Waals surface area contributed by atoms with E-state index in [0.717, 1.165) is 36.8 Å². The molecule has 0 aliphatic heterocycles. The van der Waals surface area contributed by atoms with Crippen molar-refractivity contribution < 1.29 is 40.3 Å². The molecule has 0 saturated heterocycles. The summed E-state index contributed by atoms with van der Waals surface area (Å²) in [4.78, 5) is 0. The summed E-state index contributed by atoms with van der Waals surface area (Å²) >= 11 is 0. The van der Waals surface area contributed by atoms with Gasteiger partial charge in [-0.25, -0.2) is 0 Å². The normalized spacial score (nSPS) is 28.1. The minimum Gasteiger partial charge on any atom is -0.413 e. The largest absolute Gasteiger partial charge is 0.426 e. The molecule has 3 nitrogen and oxygen atoms in total. The molecule has 0 spiro atoms. The van der Waals surface area contributed by atoms with Gasteiger partial charge in [-0.15, -0.1) is 0 Å². The molecular weight excluding hydrogens is 675 g/mol. The predicted molar refractivity (Wildman–Crippen MR) is 194 cm³/mol. The SMILES string of the molecule is C=C1C(=CC=C[C@@H]2CC[C@](C)([C@@H](C)CCCC(O)(C(F)(F)F)C(F)(F)F)C2(C)C)C[C@@H](O[Si](C)(C)C(C)(C)C)C[C@@H]1O[Si](C)(C)C(C)(C)C. The van der Waals surface area contributed by atoms with Gasteiger partial charge in [0.05, 0.1) is 12.2 Å². The summed E-state index contributed by atoms with van der Waals surface area (Å²) < 4.78 is 93.3. The van der Waals surface area contributed by atoms with Crippen molar-refractivity contribution in [3.05, 3.63) is 36.0 Å². The third-order valence-corrected chi connectivity index (χ3v) is 22.5. The van der Waals surface area contributed by atoms with E-state index in [1.165, 1.54) is 0 Å². The second kappa shape index (κ2) is 14.5. The topological polar surface area (TPSA) is 38.7 Å². The van der Waals surface area contributed by atoms with Crippen molar-refractivity contribution in [2.24, 2.45) is 22.7 Å². The van der Waals surface area contributed by atoms with Gasteiger partial charge in [0.15, 0.2) is 16.6 Å². The third-order valence-electron chi connectivity index (χ3n) is 13.5. The summed E-state index contributed by atoms with van der Waals surface area (Å²) in [6.07, 6.45) is -3.72. The lowest BCUT2D eigenvalue weighted by Crippen LogP contribution is -2.56. The quantitative estimate of drug-likeness (QED) is 0.169. The number of rotatable bonds is 11. The standard InChI is InChI=1S/C38H66F6O3Si2/c1-26(18-17-22-36(45,37(39,40)41)38(42,43)44)35(11)23-21-29(34(35,9)10)20-16-19-28-24-30(46-48(12,13)32(3,4)5)25-31(27(28)2)47-49(14,15)33(6,7)8/h16,19-20,26,29-31,45H,2,17-18,21-25H2,1,3-15H3/t26-,29+,30+,31-,35+/m0/s1. The molecule has 286 valence electrons. The van der Waals surface area contributed by atoms with Crippen molar-refractivity contribution in [1.82, 2.24) is 0 Å². The summed E-state index contributed by atoms with van der Waals surface area (Å²) in [6, 6.07) is 0. The van der Waals surface area contributed by atoms with Gasteiger partial charge in [0.2, 0.25) is 0 Å². The summed E-state index contributed by atoms with van der Waals surface area (Å²) in [5.41, 5.74) is -3.17. The molecule has 0 bridgehead atoms. The molecule has 0 aromatic heterocycles. The molecule has 0 aromatic rings. The summed E-state index contributed by atoms with van der Waals surface area (Å²) in [5.74, 6) is 0.0130. The van der Waals surface area contributed by atoms with Crippen LogP contribution in [-0.4, -0.2) is 51.9 Å². The summed E-state index contributed by atoms with van der Waals surface area (Å²) in [6.45, 7) is 35.3. The van der Waals surface area contributed by atoms with Crippen LogP contribution in [-0.2, 0) is 8.85 Å². The van der Waals surface area contributed by atoms with E-state index in [-0.39, 0.29) is 57.8 Å². The van der Waals surface area contributed by atoms with Crippen LogP contribution < -0.4 is 0 Å². The molecule has 2 rings (SSSR count). The van der Waals surface area contributed by atoms with Crippen LogP contribution in [0.3, 0.4) is 0 Å². The highest BCUT2D eigenvalue weighted by atomic mass is 28.4. The number of halogens is 6. The van der Waals surface area contributed by atoms with Gasteiger partial charge in [-0.1, -0.05) is 100 Å². The lowest BCUT2D eigenvalue weighted by molar-refractivity contribution is -0.370. The molecule has 2 fully saturated rings. The minimum absolute atomic E-state index is 0.0141. The molecule has 49 heavy (non-hydrogen) atoms. The van der Waals surface area contributed by atoms with Crippen molar-refractivity contribution in [3.63, 3.8) is 0 Å². The zero-order valence-corrected chi connectivity index (χ0v) is 34.7. The van der Waals surface area contributed by atoms with E-state index in [1.54, 1.807) is 0 Å². The van der Waals surface area contributed by atoms with Crippen LogP contribution in [0.25, 0.3) is 0 Å². The first kappa shape index (κ1) is 44.3. The minimum atomic E-state index is -5.78.